The van der Waals surface area contributed by atoms with Crippen LogP contribution >= 0.6 is 0 Å². The summed E-state index contributed by atoms with van der Waals surface area (Å²) < 4.78 is 0. The number of unbranched alkanes of at least 4 members (excludes halogenated alkanes) is 1. The molecule has 0 aromatic heterocycles. The van der Waals surface area contributed by atoms with Crippen LogP contribution in [0.5, 0.6) is 0 Å². The smallest absolute Gasteiger partial charge is 0.137 e. The molecular formula is C12H23NO. The van der Waals surface area contributed by atoms with E-state index in [1.807, 2.05) is 6.08 Å². The number of hydrogen-bond donors (Lipinski definition) is 1. The Labute approximate surface area is 87.6 Å². The lowest BCUT2D eigenvalue weighted by Gasteiger charge is -2.15. The van der Waals surface area contributed by atoms with Crippen LogP contribution in [0.15, 0.2) is 12.7 Å². The van der Waals surface area contributed by atoms with Gasteiger partial charge in [0.1, 0.15) is 5.78 Å². The molecule has 82 valence electrons. The van der Waals surface area contributed by atoms with Gasteiger partial charge in [-0.2, -0.15) is 0 Å². The molecule has 0 spiro atoms. The summed E-state index contributed by atoms with van der Waals surface area (Å²) in [7, 11) is 0. The monoisotopic (exact) mass is 197 g/mol. The maximum absolute atomic E-state index is 11.7. The van der Waals surface area contributed by atoms with Crippen molar-refractivity contribution >= 4 is 5.78 Å². The van der Waals surface area contributed by atoms with Crippen molar-refractivity contribution in [2.24, 2.45) is 17.6 Å². The summed E-state index contributed by atoms with van der Waals surface area (Å²) in [5.41, 5.74) is 5.59. The zero-order chi connectivity index (χ0) is 11.0. The van der Waals surface area contributed by atoms with E-state index in [2.05, 4.69) is 20.4 Å². The molecule has 0 radical (unpaired) electrons. The van der Waals surface area contributed by atoms with Gasteiger partial charge in [0, 0.05) is 18.9 Å². The van der Waals surface area contributed by atoms with Crippen molar-refractivity contribution in [3.8, 4) is 0 Å². The average molecular weight is 197 g/mol. The second-order valence-corrected chi connectivity index (χ2v) is 4.21. The number of carbonyl (C=O) groups is 1. The number of rotatable bonds is 8. The van der Waals surface area contributed by atoms with Crippen molar-refractivity contribution in [2.45, 2.75) is 39.5 Å². The maximum atomic E-state index is 11.7. The minimum absolute atomic E-state index is 0.0693. The van der Waals surface area contributed by atoms with E-state index in [1.165, 1.54) is 0 Å². The van der Waals surface area contributed by atoms with Gasteiger partial charge in [0.25, 0.3) is 0 Å². The molecule has 0 aliphatic heterocycles. The van der Waals surface area contributed by atoms with Gasteiger partial charge in [-0.15, -0.1) is 6.58 Å². The van der Waals surface area contributed by atoms with Crippen LogP contribution in [0.25, 0.3) is 0 Å². The van der Waals surface area contributed by atoms with Crippen LogP contribution in [0, 0.1) is 11.8 Å². The van der Waals surface area contributed by atoms with Crippen molar-refractivity contribution in [1.29, 1.82) is 0 Å². The van der Waals surface area contributed by atoms with Crippen LogP contribution < -0.4 is 5.73 Å². The van der Waals surface area contributed by atoms with E-state index in [0.29, 0.717) is 24.7 Å². The zero-order valence-electron chi connectivity index (χ0n) is 9.46. The van der Waals surface area contributed by atoms with Gasteiger partial charge < -0.3 is 5.73 Å². The van der Waals surface area contributed by atoms with E-state index in [4.69, 9.17) is 5.73 Å². The number of Topliss-reactive ketones (excluding diaryl/α,β-unsaturated/α-hetero) is 1. The van der Waals surface area contributed by atoms with Crippen molar-refractivity contribution in [3.05, 3.63) is 12.7 Å². The van der Waals surface area contributed by atoms with Crippen molar-refractivity contribution in [3.63, 3.8) is 0 Å². The first kappa shape index (κ1) is 13.4. The molecule has 0 fully saturated rings. The van der Waals surface area contributed by atoms with E-state index in [9.17, 15) is 4.79 Å². The largest absolute Gasteiger partial charge is 0.330 e. The summed E-state index contributed by atoms with van der Waals surface area (Å²) in [6.07, 6.45) is 5.26. The van der Waals surface area contributed by atoms with Crippen LogP contribution in [-0.4, -0.2) is 12.3 Å². The molecule has 2 nitrogen and oxygen atoms in total. The fourth-order valence-corrected chi connectivity index (χ4v) is 1.55. The SMILES string of the molecule is C=CCCCC(=O)C(CN)CC(C)C. The third-order valence-corrected chi connectivity index (χ3v) is 2.33. The summed E-state index contributed by atoms with van der Waals surface area (Å²) in [6.45, 7) is 8.38. The lowest BCUT2D eigenvalue weighted by Crippen LogP contribution is -2.25. The molecule has 0 aromatic rings. The quantitative estimate of drug-likeness (QED) is 0.480. The zero-order valence-corrected chi connectivity index (χ0v) is 9.46. The molecular weight excluding hydrogens is 174 g/mol. The highest BCUT2D eigenvalue weighted by Gasteiger charge is 2.16. The average Bonchev–Trinajstić information content (AvgIpc) is 2.14. The number of nitrogens with two attached hydrogens (primary N) is 1. The summed E-state index contributed by atoms with van der Waals surface area (Å²) in [6, 6.07) is 0. The fourth-order valence-electron chi connectivity index (χ4n) is 1.55. The Hall–Kier alpha value is -0.630. The van der Waals surface area contributed by atoms with Crippen molar-refractivity contribution in [2.75, 3.05) is 6.54 Å². The van der Waals surface area contributed by atoms with Crippen molar-refractivity contribution in [1.82, 2.24) is 0 Å². The minimum atomic E-state index is 0.0693. The lowest BCUT2D eigenvalue weighted by molar-refractivity contribution is -0.123. The van der Waals surface area contributed by atoms with Gasteiger partial charge >= 0.3 is 0 Å². The third kappa shape index (κ3) is 5.92. The van der Waals surface area contributed by atoms with Gasteiger partial charge in [-0.25, -0.2) is 0 Å². The van der Waals surface area contributed by atoms with Gasteiger partial charge in [0.15, 0.2) is 0 Å². The number of ketones is 1. The molecule has 0 aliphatic rings. The molecule has 0 bridgehead atoms. The van der Waals surface area contributed by atoms with Crippen LogP contribution in [0.2, 0.25) is 0 Å². The Bertz CT molecular complexity index is 175. The molecule has 14 heavy (non-hydrogen) atoms. The standard InChI is InChI=1S/C12H23NO/c1-4-5-6-7-12(14)11(9-13)8-10(2)3/h4,10-11H,1,5-9,13H2,2-3H3. The summed E-state index contributed by atoms with van der Waals surface area (Å²) >= 11 is 0. The molecule has 0 rings (SSSR count). The van der Waals surface area contributed by atoms with E-state index >= 15 is 0 Å². The summed E-state index contributed by atoms with van der Waals surface area (Å²) in [5, 5.41) is 0. The second kappa shape index (κ2) is 7.74. The van der Waals surface area contributed by atoms with Crippen LogP contribution in [0.4, 0.5) is 0 Å². The molecule has 1 unspecified atom stereocenters. The van der Waals surface area contributed by atoms with E-state index < -0.39 is 0 Å². The van der Waals surface area contributed by atoms with Gasteiger partial charge in [-0.1, -0.05) is 19.9 Å². The highest BCUT2D eigenvalue weighted by Crippen LogP contribution is 2.14. The van der Waals surface area contributed by atoms with Gasteiger partial charge in [-0.05, 0) is 25.2 Å². The third-order valence-electron chi connectivity index (χ3n) is 2.33. The lowest BCUT2D eigenvalue weighted by atomic mass is 9.91. The topological polar surface area (TPSA) is 43.1 Å². The maximum Gasteiger partial charge on any atom is 0.137 e. The molecule has 0 aliphatic carbocycles. The van der Waals surface area contributed by atoms with Crippen LogP contribution in [0.3, 0.4) is 0 Å². The number of allylic oxidation sites excluding steroid dienone is 1. The Kier molecular flexibility index (Phi) is 7.40. The van der Waals surface area contributed by atoms with E-state index in [1.54, 1.807) is 0 Å². The first-order chi connectivity index (χ1) is 6.61. The molecule has 0 heterocycles. The van der Waals surface area contributed by atoms with Crippen LogP contribution in [0.1, 0.15) is 39.5 Å². The van der Waals surface area contributed by atoms with E-state index in [0.717, 1.165) is 19.3 Å². The number of hydrogen-bond acceptors (Lipinski definition) is 2. The van der Waals surface area contributed by atoms with Crippen molar-refractivity contribution < 1.29 is 4.79 Å². The Morgan fingerprint density at radius 1 is 1.50 bits per heavy atom. The molecule has 2 N–H and O–H groups in total. The first-order valence-electron chi connectivity index (χ1n) is 5.45. The molecule has 0 amide bonds. The molecule has 1 atom stereocenters. The highest BCUT2D eigenvalue weighted by molar-refractivity contribution is 5.81. The van der Waals surface area contributed by atoms with E-state index in [-0.39, 0.29) is 5.92 Å². The molecule has 0 saturated carbocycles. The molecule has 0 saturated heterocycles. The van der Waals surface area contributed by atoms with Gasteiger partial charge in [0.05, 0.1) is 0 Å². The Balaban J connectivity index is 3.85. The first-order valence-corrected chi connectivity index (χ1v) is 5.45. The predicted octanol–water partition coefficient (Wildman–Crippen LogP) is 2.53. The summed E-state index contributed by atoms with van der Waals surface area (Å²) in [5.74, 6) is 0.940. The second-order valence-electron chi connectivity index (χ2n) is 4.21. The Morgan fingerprint density at radius 2 is 2.14 bits per heavy atom. The number of carbonyl (C=O) groups excluding carboxylic acids is 1. The Morgan fingerprint density at radius 3 is 2.57 bits per heavy atom. The summed E-state index contributed by atoms with van der Waals surface area (Å²) in [4.78, 5) is 11.7. The highest BCUT2D eigenvalue weighted by atomic mass is 16.1. The van der Waals surface area contributed by atoms with Gasteiger partial charge in [-0.3, -0.25) is 4.79 Å². The minimum Gasteiger partial charge on any atom is -0.330 e. The molecule has 0 aromatic carbocycles. The molecule has 2 heteroatoms. The fraction of sp³-hybridized carbons (Fsp3) is 0.750. The predicted molar refractivity (Wildman–Crippen MR) is 61.1 cm³/mol. The van der Waals surface area contributed by atoms with Crippen LogP contribution in [-0.2, 0) is 4.79 Å². The van der Waals surface area contributed by atoms with Gasteiger partial charge in [0.2, 0.25) is 0 Å². The normalized spacial score (nSPS) is 12.9.